The largest absolute Gasteiger partial charge is 0.496 e. The summed E-state index contributed by atoms with van der Waals surface area (Å²) in [7, 11) is 10.3. The first kappa shape index (κ1) is 18.9. The third-order valence-electron chi connectivity index (χ3n) is 3.45. The van der Waals surface area contributed by atoms with Gasteiger partial charge in [0.25, 0.3) is 5.91 Å². The molecule has 0 bridgehead atoms. The van der Waals surface area contributed by atoms with Crippen LogP contribution in [0.4, 0.5) is 5.69 Å². The molecular weight excluding hydrogens is 322 g/mol. The van der Waals surface area contributed by atoms with Crippen LogP contribution in [0.2, 0.25) is 0 Å². The molecule has 0 saturated carbocycles. The average Bonchev–Trinajstić information content (AvgIpc) is 2.53. The summed E-state index contributed by atoms with van der Waals surface area (Å²) in [4.78, 5) is 14.5. The minimum atomic E-state index is -0.128. The lowest BCUT2D eigenvalue weighted by Crippen LogP contribution is -2.34. The van der Waals surface area contributed by atoms with Crippen LogP contribution in [-0.2, 0) is 0 Å². The van der Waals surface area contributed by atoms with E-state index in [4.69, 9.17) is 15.4 Å². The van der Waals surface area contributed by atoms with Crippen molar-refractivity contribution in [3.8, 4) is 5.75 Å². The molecule has 1 aromatic rings. The molecule has 2 N–H and O–H groups in total. The first-order valence-corrected chi connectivity index (χ1v) is 8.99. The topological polar surface area (TPSA) is 53.6 Å². The van der Waals surface area contributed by atoms with Crippen LogP contribution in [0.3, 0.4) is 0 Å². The highest BCUT2D eigenvalue weighted by atomic mass is 35.7. The fraction of sp³-hybridized carbons (Fsp3) is 0.533. The summed E-state index contributed by atoms with van der Waals surface area (Å²) in [5, 5.41) is 6.01. The zero-order chi connectivity index (χ0) is 16.5. The van der Waals surface area contributed by atoms with Crippen LogP contribution in [0.5, 0.6) is 5.75 Å². The highest BCUT2D eigenvalue weighted by Gasteiger charge is 2.14. The number of rotatable bonds is 9. The van der Waals surface area contributed by atoms with Crippen molar-refractivity contribution in [2.24, 2.45) is 0 Å². The van der Waals surface area contributed by atoms with Gasteiger partial charge in [-0.2, -0.15) is 0 Å². The predicted octanol–water partition coefficient (Wildman–Crippen LogP) is 2.94. The summed E-state index contributed by atoms with van der Waals surface area (Å²) in [5.74, 6) is 1.18. The van der Waals surface area contributed by atoms with Crippen molar-refractivity contribution in [1.82, 2.24) is 10.2 Å². The van der Waals surface area contributed by atoms with E-state index in [1.165, 1.54) is 11.0 Å². The van der Waals surface area contributed by atoms with Crippen molar-refractivity contribution in [2.75, 3.05) is 45.0 Å². The van der Waals surface area contributed by atoms with Gasteiger partial charge in [-0.3, -0.25) is 9.69 Å². The van der Waals surface area contributed by atoms with E-state index >= 15 is 0 Å². The van der Waals surface area contributed by atoms with Crippen molar-refractivity contribution in [1.29, 1.82) is 0 Å². The van der Waals surface area contributed by atoms with E-state index in [9.17, 15) is 4.79 Å². The Hall–Kier alpha value is -1.11. The standard InChI is InChI=1S/C15H24ClN3O2S/c1-5-19(10-22-16)7-6-18-15(20)12-8-11(2)13(17-3)9-14(12)21-4/h8-9,17H,5-7,10H2,1-4H3,(H,18,20). The third kappa shape index (κ3) is 5.26. The second kappa shape index (κ2) is 9.82. The Labute approximate surface area is 141 Å². The van der Waals surface area contributed by atoms with Crippen molar-refractivity contribution in [3.63, 3.8) is 0 Å². The second-order valence-electron chi connectivity index (χ2n) is 4.82. The predicted molar refractivity (Wildman–Crippen MR) is 95.2 cm³/mol. The van der Waals surface area contributed by atoms with Gasteiger partial charge < -0.3 is 15.4 Å². The number of benzene rings is 1. The van der Waals surface area contributed by atoms with Crippen LogP contribution in [0, 0.1) is 6.92 Å². The van der Waals surface area contributed by atoms with Crippen molar-refractivity contribution in [2.45, 2.75) is 13.8 Å². The summed E-state index contributed by atoms with van der Waals surface area (Å²) < 4.78 is 5.32. The molecule has 0 aliphatic heterocycles. The molecule has 0 aromatic heterocycles. The molecule has 22 heavy (non-hydrogen) atoms. The summed E-state index contributed by atoms with van der Waals surface area (Å²) >= 11 is 0. The average molecular weight is 346 g/mol. The Bertz CT molecular complexity index is 500. The van der Waals surface area contributed by atoms with Crippen LogP contribution in [0.1, 0.15) is 22.8 Å². The summed E-state index contributed by atoms with van der Waals surface area (Å²) in [6.07, 6.45) is 0. The number of carbonyl (C=O) groups excluding carboxylic acids is 1. The van der Waals surface area contributed by atoms with E-state index in [1.54, 1.807) is 7.11 Å². The number of anilines is 1. The quantitative estimate of drug-likeness (QED) is 0.674. The number of ether oxygens (including phenoxy) is 1. The van der Waals surface area contributed by atoms with Crippen LogP contribution in [-0.4, -0.2) is 50.5 Å². The molecule has 0 fully saturated rings. The lowest BCUT2D eigenvalue weighted by atomic mass is 10.1. The highest BCUT2D eigenvalue weighted by molar-refractivity contribution is 8.21. The fourth-order valence-corrected chi connectivity index (χ4v) is 2.97. The molecule has 0 heterocycles. The van der Waals surface area contributed by atoms with Crippen molar-refractivity contribution in [3.05, 3.63) is 23.3 Å². The SMILES string of the molecule is CCN(CCNC(=O)c1cc(C)c(NC)cc1OC)CSCl. The number of hydrogen-bond acceptors (Lipinski definition) is 5. The molecule has 7 heteroatoms. The normalized spacial score (nSPS) is 10.6. The summed E-state index contributed by atoms with van der Waals surface area (Å²) in [5.41, 5.74) is 2.50. The molecule has 0 aliphatic carbocycles. The number of amides is 1. The van der Waals surface area contributed by atoms with E-state index < -0.39 is 0 Å². The number of halogens is 1. The van der Waals surface area contributed by atoms with E-state index in [2.05, 4.69) is 22.5 Å². The van der Waals surface area contributed by atoms with Gasteiger partial charge in [0.15, 0.2) is 0 Å². The Kier molecular flexibility index (Phi) is 8.45. The first-order chi connectivity index (χ1) is 10.6. The molecule has 1 amide bonds. The molecule has 0 atom stereocenters. The maximum atomic E-state index is 12.3. The smallest absolute Gasteiger partial charge is 0.255 e. The molecule has 1 rings (SSSR count). The maximum absolute atomic E-state index is 12.3. The Morgan fingerprint density at radius 2 is 2.18 bits per heavy atom. The minimum absolute atomic E-state index is 0.128. The van der Waals surface area contributed by atoms with Crippen LogP contribution in [0.15, 0.2) is 12.1 Å². The molecule has 5 nitrogen and oxygen atoms in total. The maximum Gasteiger partial charge on any atom is 0.255 e. The van der Waals surface area contributed by atoms with Crippen molar-refractivity contribution >= 4 is 33.3 Å². The number of methoxy groups -OCH3 is 1. The lowest BCUT2D eigenvalue weighted by Gasteiger charge is -2.19. The lowest BCUT2D eigenvalue weighted by molar-refractivity contribution is 0.0946. The number of likely N-dealkylation sites (N-methyl/N-ethyl adjacent to an activating group) is 1. The molecule has 0 radical (unpaired) electrons. The van der Waals surface area contributed by atoms with Gasteiger partial charge in [-0.05, 0) is 46.8 Å². The third-order valence-corrected chi connectivity index (χ3v) is 4.21. The van der Waals surface area contributed by atoms with Gasteiger partial charge in [0.2, 0.25) is 0 Å². The molecule has 0 saturated heterocycles. The zero-order valence-corrected chi connectivity index (χ0v) is 15.1. The van der Waals surface area contributed by atoms with E-state index in [1.807, 2.05) is 26.1 Å². The number of carbonyl (C=O) groups is 1. The summed E-state index contributed by atoms with van der Waals surface area (Å²) in [6.45, 7) is 6.25. The van der Waals surface area contributed by atoms with Gasteiger partial charge in [0.1, 0.15) is 5.75 Å². The number of aryl methyl sites for hydroxylation is 1. The highest BCUT2D eigenvalue weighted by Crippen LogP contribution is 2.26. The van der Waals surface area contributed by atoms with Crippen LogP contribution in [0.25, 0.3) is 0 Å². The van der Waals surface area contributed by atoms with Gasteiger partial charge in [-0.15, -0.1) is 0 Å². The van der Waals surface area contributed by atoms with Crippen LogP contribution >= 0.6 is 21.7 Å². The van der Waals surface area contributed by atoms with Gasteiger partial charge in [0, 0.05) is 31.9 Å². The van der Waals surface area contributed by atoms with Gasteiger partial charge in [-0.1, -0.05) is 6.92 Å². The monoisotopic (exact) mass is 345 g/mol. The molecule has 124 valence electrons. The molecule has 0 aliphatic rings. The number of nitrogens with zero attached hydrogens (tertiary/aromatic N) is 1. The Morgan fingerprint density at radius 1 is 1.45 bits per heavy atom. The Morgan fingerprint density at radius 3 is 2.73 bits per heavy atom. The number of nitrogens with one attached hydrogen (secondary N) is 2. The second-order valence-corrected chi connectivity index (χ2v) is 5.95. The van der Waals surface area contributed by atoms with Gasteiger partial charge >= 0.3 is 0 Å². The molecular formula is C15H24ClN3O2S. The van der Waals surface area contributed by atoms with E-state index in [0.717, 1.165) is 30.2 Å². The van der Waals surface area contributed by atoms with Crippen molar-refractivity contribution < 1.29 is 9.53 Å². The Balaban J connectivity index is 2.71. The van der Waals surface area contributed by atoms with E-state index in [0.29, 0.717) is 17.9 Å². The van der Waals surface area contributed by atoms with E-state index in [-0.39, 0.29) is 5.91 Å². The fourth-order valence-electron chi connectivity index (χ4n) is 2.11. The van der Waals surface area contributed by atoms with Gasteiger partial charge in [-0.25, -0.2) is 0 Å². The zero-order valence-electron chi connectivity index (χ0n) is 13.5. The molecule has 0 spiro atoms. The molecule has 1 aromatic carbocycles. The molecule has 0 unspecified atom stereocenters. The first-order valence-electron chi connectivity index (χ1n) is 7.17. The minimum Gasteiger partial charge on any atom is -0.496 e. The van der Waals surface area contributed by atoms with Gasteiger partial charge in [0.05, 0.1) is 18.6 Å². The number of hydrogen-bond donors (Lipinski definition) is 2. The van der Waals surface area contributed by atoms with Crippen LogP contribution < -0.4 is 15.4 Å². The summed E-state index contributed by atoms with van der Waals surface area (Å²) in [6, 6.07) is 3.68.